The van der Waals surface area contributed by atoms with Gasteiger partial charge in [-0.2, -0.15) is 0 Å². The van der Waals surface area contributed by atoms with E-state index in [-0.39, 0.29) is 12.5 Å². The maximum atomic E-state index is 13.5. The van der Waals surface area contributed by atoms with Crippen LogP contribution in [0.4, 0.5) is 14.9 Å². The van der Waals surface area contributed by atoms with Gasteiger partial charge in [0.2, 0.25) is 0 Å². The Morgan fingerprint density at radius 3 is 2.43 bits per heavy atom. The molecular formula is C27H37FN2O5. The minimum absolute atomic E-state index is 0.273. The molecule has 2 aromatic rings. The van der Waals surface area contributed by atoms with Gasteiger partial charge in [-0.05, 0) is 49.2 Å². The highest BCUT2D eigenvalue weighted by Gasteiger charge is 2.18. The Labute approximate surface area is 207 Å². The van der Waals surface area contributed by atoms with E-state index in [1.165, 1.54) is 18.6 Å². The quantitative estimate of drug-likeness (QED) is 0.294. The topological polar surface area (TPSA) is 88.1 Å². The number of carbonyl (C=O) groups excluding carboxylic acids is 1. The maximum Gasteiger partial charge on any atom is 0.333 e. The Kier molecular flexibility index (Phi) is 12.6. The molecule has 0 aliphatic heterocycles. The van der Waals surface area contributed by atoms with Gasteiger partial charge in [-0.25, -0.2) is 14.0 Å². The van der Waals surface area contributed by atoms with Gasteiger partial charge in [0.15, 0.2) is 6.10 Å². The third-order valence-corrected chi connectivity index (χ3v) is 5.51. The number of ether oxygens (including phenoxy) is 2. The van der Waals surface area contributed by atoms with E-state index in [9.17, 15) is 19.1 Å². The summed E-state index contributed by atoms with van der Waals surface area (Å²) >= 11 is 0. The number of hydrogen-bond donors (Lipinski definition) is 2. The molecule has 2 aromatic carbocycles. The largest absolute Gasteiger partial charge is 0.492 e. The predicted molar refractivity (Wildman–Crippen MR) is 134 cm³/mol. The highest BCUT2D eigenvalue weighted by molar-refractivity contribution is 5.89. The molecule has 1 unspecified atom stereocenters. The molecule has 0 radical (unpaired) electrons. The Balaban J connectivity index is 1.90. The molecule has 0 aromatic heterocycles. The first kappa shape index (κ1) is 28.1. The molecule has 0 heterocycles. The fraction of sp³-hybridized carbons (Fsp3) is 0.481. The number of aliphatic carboxylic acids is 1. The van der Waals surface area contributed by atoms with Crippen molar-refractivity contribution in [3.63, 3.8) is 0 Å². The monoisotopic (exact) mass is 488 g/mol. The minimum atomic E-state index is -0.988. The highest BCUT2D eigenvalue weighted by Crippen LogP contribution is 2.15. The average molecular weight is 489 g/mol. The van der Waals surface area contributed by atoms with Crippen molar-refractivity contribution in [3.8, 4) is 5.75 Å². The van der Waals surface area contributed by atoms with Crippen molar-refractivity contribution in [2.75, 3.05) is 31.6 Å². The lowest BCUT2D eigenvalue weighted by molar-refractivity contribution is -0.149. The van der Waals surface area contributed by atoms with E-state index in [0.29, 0.717) is 37.7 Å². The molecule has 2 amide bonds. The Hall–Kier alpha value is -3.13. The van der Waals surface area contributed by atoms with Crippen molar-refractivity contribution >= 4 is 17.7 Å². The van der Waals surface area contributed by atoms with Crippen LogP contribution in [0.1, 0.15) is 51.5 Å². The van der Waals surface area contributed by atoms with Gasteiger partial charge in [-0.1, -0.05) is 50.8 Å². The summed E-state index contributed by atoms with van der Waals surface area (Å²) in [5.41, 5.74) is 1.25. The van der Waals surface area contributed by atoms with Crippen LogP contribution in [0.5, 0.6) is 5.75 Å². The molecule has 0 bridgehead atoms. The summed E-state index contributed by atoms with van der Waals surface area (Å²) in [5, 5.41) is 12.0. The molecule has 0 aliphatic carbocycles. The summed E-state index contributed by atoms with van der Waals surface area (Å²) in [6, 6.07) is 12.7. The van der Waals surface area contributed by atoms with Crippen LogP contribution in [-0.2, 0) is 16.0 Å². The van der Waals surface area contributed by atoms with E-state index in [0.717, 1.165) is 31.2 Å². The van der Waals surface area contributed by atoms with Crippen LogP contribution in [0, 0.1) is 5.82 Å². The standard InChI is InChI=1S/C27H37FN2O5/c1-3-5-6-7-8-16-30(27(33)29-23-11-9-10-22(28)20-23)17-18-35-24-14-12-21(13-15-24)19-25(26(31)32)34-4-2/h9-15,20,25H,3-8,16-19H2,1-2H3,(H,29,33)(H,31,32). The molecular weight excluding hydrogens is 451 g/mol. The van der Waals surface area contributed by atoms with Gasteiger partial charge in [-0.15, -0.1) is 0 Å². The number of carboxylic acid groups (broad SMARTS) is 1. The maximum absolute atomic E-state index is 13.5. The lowest BCUT2D eigenvalue weighted by atomic mass is 10.1. The van der Waals surface area contributed by atoms with Gasteiger partial charge in [0, 0.05) is 25.3 Å². The number of carbonyl (C=O) groups is 2. The van der Waals surface area contributed by atoms with Crippen LogP contribution in [0.15, 0.2) is 48.5 Å². The van der Waals surface area contributed by atoms with Crippen molar-refractivity contribution in [1.29, 1.82) is 0 Å². The first-order valence-corrected chi connectivity index (χ1v) is 12.3. The summed E-state index contributed by atoms with van der Waals surface area (Å²) in [6.45, 7) is 5.51. The normalized spacial score (nSPS) is 11.6. The molecule has 192 valence electrons. The molecule has 35 heavy (non-hydrogen) atoms. The molecule has 0 aliphatic rings. The Morgan fingerprint density at radius 1 is 1.03 bits per heavy atom. The number of halogens is 1. The van der Waals surface area contributed by atoms with Crippen molar-refractivity contribution in [1.82, 2.24) is 4.90 Å². The van der Waals surface area contributed by atoms with Crippen LogP contribution in [0.25, 0.3) is 0 Å². The Bertz CT molecular complexity index is 907. The van der Waals surface area contributed by atoms with E-state index in [4.69, 9.17) is 9.47 Å². The number of benzene rings is 2. The molecule has 0 saturated carbocycles. The molecule has 2 rings (SSSR count). The second-order valence-electron chi connectivity index (χ2n) is 8.32. The summed E-state index contributed by atoms with van der Waals surface area (Å²) in [5.74, 6) is -0.763. The van der Waals surface area contributed by atoms with E-state index in [1.807, 2.05) is 12.1 Å². The molecule has 8 heteroatoms. The van der Waals surface area contributed by atoms with E-state index in [2.05, 4.69) is 12.2 Å². The number of amides is 2. The zero-order valence-electron chi connectivity index (χ0n) is 20.7. The van der Waals surface area contributed by atoms with Crippen LogP contribution < -0.4 is 10.1 Å². The number of carboxylic acids is 1. The number of anilines is 1. The molecule has 7 nitrogen and oxygen atoms in total. The fourth-order valence-electron chi connectivity index (χ4n) is 3.62. The van der Waals surface area contributed by atoms with Crippen molar-refractivity contribution in [2.45, 2.75) is 58.5 Å². The number of unbranched alkanes of at least 4 members (excludes halogenated alkanes) is 4. The minimum Gasteiger partial charge on any atom is -0.492 e. The molecule has 0 fully saturated rings. The average Bonchev–Trinajstić information content (AvgIpc) is 2.83. The van der Waals surface area contributed by atoms with Crippen LogP contribution in [0.2, 0.25) is 0 Å². The molecule has 1 atom stereocenters. The van der Waals surface area contributed by atoms with E-state index >= 15 is 0 Å². The number of urea groups is 1. The first-order valence-electron chi connectivity index (χ1n) is 12.3. The van der Waals surface area contributed by atoms with Gasteiger partial charge in [0.25, 0.3) is 0 Å². The van der Waals surface area contributed by atoms with Gasteiger partial charge < -0.3 is 24.8 Å². The summed E-state index contributed by atoms with van der Waals surface area (Å²) in [4.78, 5) is 25.8. The smallest absolute Gasteiger partial charge is 0.333 e. The number of rotatable bonds is 16. The molecule has 0 saturated heterocycles. The van der Waals surface area contributed by atoms with Crippen molar-refractivity contribution in [2.24, 2.45) is 0 Å². The SMILES string of the molecule is CCCCCCCN(CCOc1ccc(CC(OCC)C(=O)O)cc1)C(=O)Nc1cccc(F)c1. The molecule has 2 N–H and O–H groups in total. The number of nitrogens with one attached hydrogen (secondary N) is 1. The predicted octanol–water partition coefficient (Wildman–Crippen LogP) is 5.74. The van der Waals surface area contributed by atoms with Crippen molar-refractivity contribution < 1.29 is 28.6 Å². The lowest BCUT2D eigenvalue weighted by Crippen LogP contribution is -2.38. The summed E-state index contributed by atoms with van der Waals surface area (Å²) in [6.07, 6.45) is 4.77. The molecule has 0 spiro atoms. The third-order valence-electron chi connectivity index (χ3n) is 5.51. The zero-order valence-corrected chi connectivity index (χ0v) is 20.7. The van der Waals surface area contributed by atoms with Gasteiger partial charge in [0.1, 0.15) is 18.2 Å². The third kappa shape index (κ3) is 10.8. The summed E-state index contributed by atoms with van der Waals surface area (Å²) in [7, 11) is 0. The second-order valence-corrected chi connectivity index (χ2v) is 8.32. The van der Waals surface area contributed by atoms with Crippen LogP contribution >= 0.6 is 0 Å². The Morgan fingerprint density at radius 2 is 1.77 bits per heavy atom. The number of nitrogens with zero attached hydrogens (tertiary/aromatic N) is 1. The van der Waals surface area contributed by atoms with Gasteiger partial charge in [0.05, 0.1) is 6.54 Å². The van der Waals surface area contributed by atoms with Gasteiger partial charge in [-0.3, -0.25) is 0 Å². The van der Waals surface area contributed by atoms with E-state index in [1.54, 1.807) is 36.1 Å². The van der Waals surface area contributed by atoms with Crippen LogP contribution in [-0.4, -0.2) is 54.4 Å². The second kappa shape index (κ2) is 15.7. The zero-order chi connectivity index (χ0) is 25.5. The van der Waals surface area contributed by atoms with Crippen LogP contribution in [0.3, 0.4) is 0 Å². The highest BCUT2D eigenvalue weighted by atomic mass is 19.1. The first-order chi connectivity index (χ1) is 16.9. The number of hydrogen-bond acceptors (Lipinski definition) is 4. The lowest BCUT2D eigenvalue weighted by Gasteiger charge is -2.23. The van der Waals surface area contributed by atoms with Crippen molar-refractivity contribution in [3.05, 3.63) is 59.9 Å². The summed E-state index contributed by atoms with van der Waals surface area (Å²) < 4.78 is 24.6. The fourth-order valence-corrected chi connectivity index (χ4v) is 3.62. The van der Waals surface area contributed by atoms with Gasteiger partial charge >= 0.3 is 12.0 Å². The van der Waals surface area contributed by atoms with E-state index < -0.39 is 17.9 Å².